The van der Waals surface area contributed by atoms with Crippen molar-refractivity contribution >= 4 is 22.5 Å². The van der Waals surface area contributed by atoms with Crippen molar-refractivity contribution in [1.29, 1.82) is 5.26 Å². The topological polar surface area (TPSA) is 119 Å². The molecule has 132 valence electrons. The number of nitrogen functional groups attached to an aromatic ring is 1. The maximum atomic E-state index is 9.18. The molecule has 2 N–H and O–H groups in total. The summed E-state index contributed by atoms with van der Waals surface area (Å²) in [5.74, 6) is 0.116. The lowest BCUT2D eigenvalue weighted by Gasteiger charge is -2.09. The van der Waals surface area contributed by atoms with Gasteiger partial charge in [0.25, 0.3) is 0 Å². The molecule has 5 aromatic rings. The van der Waals surface area contributed by atoms with Crippen molar-refractivity contribution in [2.45, 2.75) is 0 Å². The van der Waals surface area contributed by atoms with Gasteiger partial charge in [-0.3, -0.25) is 0 Å². The average Bonchev–Trinajstić information content (AvgIpc) is 3.14. The van der Waals surface area contributed by atoms with E-state index in [0.717, 1.165) is 16.7 Å². The monoisotopic (exact) mass is 364 g/mol. The van der Waals surface area contributed by atoms with Gasteiger partial charge in [-0.1, -0.05) is 60.7 Å². The molecule has 0 aliphatic carbocycles. The molecule has 0 aliphatic heterocycles. The molecule has 0 fully saturated rings. The van der Waals surface area contributed by atoms with E-state index in [-0.39, 0.29) is 11.5 Å². The van der Waals surface area contributed by atoms with Crippen molar-refractivity contribution < 1.29 is 0 Å². The van der Waals surface area contributed by atoms with Crippen LogP contribution in [-0.2, 0) is 0 Å². The molecule has 5 rings (SSSR count). The van der Waals surface area contributed by atoms with Crippen LogP contribution >= 0.6 is 0 Å². The van der Waals surface area contributed by atoms with Crippen LogP contribution in [0.3, 0.4) is 0 Å². The third-order valence-electron chi connectivity index (χ3n) is 4.51. The standard InChI is InChI=1S/C20H12N8/c21-11-14-18(22)28-20(26-23-14)16-15(12-7-3-1-4-8-12)17(24-25-19(16)27-28)13-9-5-2-6-10-13/h1-10H,22H2. The highest BCUT2D eigenvalue weighted by Gasteiger charge is 2.22. The van der Waals surface area contributed by atoms with Gasteiger partial charge in [0.2, 0.25) is 11.3 Å². The molecule has 0 radical (unpaired) electrons. The predicted octanol–water partition coefficient (Wildman–Crippen LogP) is 2.86. The first-order valence-electron chi connectivity index (χ1n) is 8.50. The number of hydrogen-bond acceptors (Lipinski definition) is 7. The van der Waals surface area contributed by atoms with Crippen LogP contribution in [0, 0.1) is 11.3 Å². The second-order valence-corrected chi connectivity index (χ2v) is 6.14. The van der Waals surface area contributed by atoms with E-state index >= 15 is 0 Å². The Bertz CT molecular complexity index is 1370. The fourth-order valence-corrected chi connectivity index (χ4v) is 3.23. The second kappa shape index (κ2) is 6.10. The highest BCUT2D eigenvalue weighted by atomic mass is 15.4. The molecule has 3 aromatic heterocycles. The average molecular weight is 364 g/mol. The Morgan fingerprint density at radius 3 is 2.18 bits per heavy atom. The van der Waals surface area contributed by atoms with Crippen LogP contribution in [0.2, 0.25) is 0 Å². The van der Waals surface area contributed by atoms with Gasteiger partial charge < -0.3 is 5.73 Å². The molecule has 3 heterocycles. The van der Waals surface area contributed by atoms with Crippen LogP contribution in [0.5, 0.6) is 0 Å². The number of hydrogen-bond donors (Lipinski definition) is 1. The molecule has 0 spiro atoms. The summed E-state index contributed by atoms with van der Waals surface area (Å²) in [6, 6.07) is 21.6. The van der Waals surface area contributed by atoms with E-state index in [1.165, 1.54) is 4.52 Å². The summed E-state index contributed by atoms with van der Waals surface area (Å²) in [5.41, 5.74) is 10.3. The number of anilines is 1. The number of nitrogens with zero attached hydrogens (tertiary/aromatic N) is 7. The van der Waals surface area contributed by atoms with Crippen LogP contribution in [0.1, 0.15) is 5.69 Å². The van der Waals surface area contributed by atoms with Crippen LogP contribution in [0.25, 0.3) is 39.1 Å². The molecule has 8 nitrogen and oxygen atoms in total. The van der Waals surface area contributed by atoms with E-state index in [1.807, 2.05) is 66.7 Å². The molecule has 0 aliphatic rings. The lowest BCUT2D eigenvalue weighted by atomic mass is 9.97. The van der Waals surface area contributed by atoms with Gasteiger partial charge in [-0.25, -0.2) is 0 Å². The number of nitriles is 1. The summed E-state index contributed by atoms with van der Waals surface area (Å²) in [7, 11) is 0. The number of rotatable bonds is 2. The lowest BCUT2D eigenvalue weighted by molar-refractivity contribution is 0.892. The zero-order chi connectivity index (χ0) is 19.1. The van der Waals surface area contributed by atoms with Crippen LogP contribution in [0.4, 0.5) is 5.82 Å². The van der Waals surface area contributed by atoms with Crippen molar-refractivity contribution in [3.8, 4) is 28.5 Å². The molecular formula is C20H12N8. The quantitative estimate of drug-likeness (QED) is 0.511. The first-order chi connectivity index (χ1) is 13.8. The fraction of sp³-hybridized carbons (Fsp3) is 0. The van der Waals surface area contributed by atoms with Gasteiger partial charge in [0, 0.05) is 11.1 Å². The zero-order valence-corrected chi connectivity index (χ0v) is 14.5. The largest absolute Gasteiger partial charge is 0.381 e. The Balaban J connectivity index is 1.96. The molecule has 28 heavy (non-hydrogen) atoms. The van der Waals surface area contributed by atoms with Crippen LogP contribution in [0.15, 0.2) is 60.7 Å². The van der Waals surface area contributed by atoms with Crippen molar-refractivity contribution in [2.24, 2.45) is 0 Å². The van der Waals surface area contributed by atoms with E-state index in [0.29, 0.717) is 22.4 Å². The first-order valence-corrected chi connectivity index (χ1v) is 8.50. The summed E-state index contributed by atoms with van der Waals surface area (Å²) < 4.78 is 1.39. The van der Waals surface area contributed by atoms with Gasteiger partial charge in [-0.05, 0) is 5.56 Å². The van der Waals surface area contributed by atoms with Gasteiger partial charge in [0.15, 0.2) is 11.5 Å². The van der Waals surface area contributed by atoms with E-state index in [4.69, 9.17) is 5.73 Å². The Morgan fingerprint density at radius 2 is 1.50 bits per heavy atom. The Kier molecular flexibility index (Phi) is 3.45. The zero-order valence-electron chi connectivity index (χ0n) is 14.5. The fourth-order valence-electron chi connectivity index (χ4n) is 3.23. The smallest absolute Gasteiger partial charge is 0.206 e. The van der Waals surface area contributed by atoms with Gasteiger partial charge >= 0.3 is 0 Å². The van der Waals surface area contributed by atoms with Crippen molar-refractivity contribution in [3.63, 3.8) is 0 Å². The van der Waals surface area contributed by atoms with Crippen LogP contribution in [-0.4, -0.2) is 30.0 Å². The van der Waals surface area contributed by atoms with E-state index in [9.17, 15) is 5.26 Å². The van der Waals surface area contributed by atoms with Crippen molar-refractivity contribution in [3.05, 3.63) is 66.4 Å². The molecule has 0 saturated carbocycles. The molecule has 0 unspecified atom stereocenters. The van der Waals surface area contributed by atoms with Crippen molar-refractivity contribution in [1.82, 2.24) is 30.0 Å². The normalized spacial score (nSPS) is 11.0. The molecule has 8 heteroatoms. The number of benzene rings is 2. The summed E-state index contributed by atoms with van der Waals surface area (Å²) in [6.45, 7) is 0. The molecule has 2 aromatic carbocycles. The summed E-state index contributed by atoms with van der Waals surface area (Å²) >= 11 is 0. The minimum absolute atomic E-state index is 0.0119. The minimum atomic E-state index is 0.0119. The first kappa shape index (κ1) is 15.8. The predicted molar refractivity (Wildman–Crippen MR) is 104 cm³/mol. The third kappa shape index (κ3) is 2.27. The van der Waals surface area contributed by atoms with Crippen LogP contribution < -0.4 is 5.73 Å². The third-order valence-corrected chi connectivity index (χ3v) is 4.51. The Hall–Kier alpha value is -4.38. The maximum Gasteiger partial charge on any atom is 0.206 e. The van der Waals surface area contributed by atoms with Gasteiger partial charge in [0.1, 0.15) is 11.8 Å². The van der Waals surface area contributed by atoms with E-state index < -0.39 is 0 Å². The highest BCUT2D eigenvalue weighted by Crippen LogP contribution is 2.37. The Labute approximate surface area is 158 Å². The second-order valence-electron chi connectivity index (χ2n) is 6.14. The van der Waals surface area contributed by atoms with E-state index in [2.05, 4.69) is 25.5 Å². The van der Waals surface area contributed by atoms with E-state index in [1.54, 1.807) is 0 Å². The molecule has 0 saturated heterocycles. The van der Waals surface area contributed by atoms with Gasteiger partial charge in [-0.2, -0.15) is 9.78 Å². The highest BCUT2D eigenvalue weighted by molar-refractivity contribution is 6.06. The minimum Gasteiger partial charge on any atom is -0.381 e. The Morgan fingerprint density at radius 1 is 0.821 bits per heavy atom. The van der Waals surface area contributed by atoms with Crippen molar-refractivity contribution in [2.75, 3.05) is 5.73 Å². The number of fused-ring (bicyclic) bond motifs is 3. The summed E-state index contributed by atoms with van der Waals surface area (Å²) in [6.07, 6.45) is 0. The molecule has 0 amide bonds. The SMILES string of the molecule is N#Cc1nnc2c3c(-c4ccccc4)c(-c4ccccc4)nnc3nn2c1N. The van der Waals surface area contributed by atoms with Gasteiger partial charge in [0.05, 0.1) is 5.39 Å². The maximum absolute atomic E-state index is 9.18. The summed E-state index contributed by atoms with van der Waals surface area (Å²) in [4.78, 5) is 0. The number of aromatic nitrogens is 6. The number of nitrogens with two attached hydrogens (primary N) is 1. The van der Waals surface area contributed by atoms with Gasteiger partial charge in [-0.15, -0.1) is 25.5 Å². The molecule has 0 bridgehead atoms. The molecule has 0 atom stereocenters. The molecular weight excluding hydrogens is 352 g/mol. The summed E-state index contributed by atoms with van der Waals surface area (Å²) in [5, 5.41) is 31.1. The lowest BCUT2D eigenvalue weighted by Crippen LogP contribution is -2.05.